The van der Waals surface area contributed by atoms with Crippen LogP contribution in [0.25, 0.3) is 0 Å². The number of nitrogens with one attached hydrogen (secondary N) is 1. The van der Waals surface area contributed by atoms with Crippen molar-refractivity contribution in [2.75, 3.05) is 33.9 Å². The number of benzene rings is 1. The Morgan fingerprint density at radius 3 is 2.48 bits per heavy atom. The Hall–Kier alpha value is -0.950. The highest BCUT2D eigenvalue weighted by atomic mass is 32.2. The topological polar surface area (TPSA) is 58.6 Å². The molecule has 1 N–H and O–H groups in total. The number of hydrogen-bond donors (Lipinski definition) is 1. The molecule has 0 unspecified atom stereocenters. The summed E-state index contributed by atoms with van der Waals surface area (Å²) < 4.78 is 31.6. The van der Waals surface area contributed by atoms with Crippen LogP contribution in [0.5, 0.6) is 0 Å². The lowest BCUT2D eigenvalue weighted by atomic mass is 10.1. The molecule has 0 aliphatic rings. The Kier molecular flexibility index (Phi) is 6.80. The smallest absolute Gasteiger partial charge is 0.243 e. The van der Waals surface area contributed by atoms with E-state index >= 15 is 0 Å². The Morgan fingerprint density at radius 2 is 1.90 bits per heavy atom. The van der Waals surface area contributed by atoms with Gasteiger partial charge in [-0.05, 0) is 43.1 Å². The molecular formula is C15H26N2O3S. The van der Waals surface area contributed by atoms with E-state index in [2.05, 4.69) is 5.32 Å². The minimum Gasteiger partial charge on any atom is -0.383 e. The maximum Gasteiger partial charge on any atom is 0.243 e. The van der Waals surface area contributed by atoms with Gasteiger partial charge in [0.15, 0.2) is 0 Å². The Labute approximate surface area is 128 Å². The molecule has 0 spiro atoms. The van der Waals surface area contributed by atoms with Crippen LogP contribution in [0.4, 0.5) is 0 Å². The van der Waals surface area contributed by atoms with E-state index in [-0.39, 0.29) is 0 Å². The number of aryl methyl sites for hydroxylation is 2. The first-order valence-corrected chi connectivity index (χ1v) is 8.54. The lowest BCUT2D eigenvalue weighted by Crippen LogP contribution is -2.30. The van der Waals surface area contributed by atoms with E-state index in [0.717, 1.165) is 23.2 Å². The molecule has 0 atom stereocenters. The lowest BCUT2D eigenvalue weighted by molar-refractivity contribution is 0.185. The fourth-order valence-electron chi connectivity index (χ4n) is 2.11. The van der Waals surface area contributed by atoms with E-state index in [4.69, 9.17) is 4.74 Å². The van der Waals surface area contributed by atoms with E-state index in [9.17, 15) is 8.42 Å². The van der Waals surface area contributed by atoms with Crippen LogP contribution in [0, 0.1) is 13.8 Å². The van der Waals surface area contributed by atoms with Crippen molar-refractivity contribution in [3.63, 3.8) is 0 Å². The van der Waals surface area contributed by atoms with Gasteiger partial charge in [-0.2, -0.15) is 4.31 Å². The lowest BCUT2D eigenvalue weighted by Gasteiger charge is -2.19. The molecular weight excluding hydrogens is 288 g/mol. The van der Waals surface area contributed by atoms with Gasteiger partial charge in [0.1, 0.15) is 0 Å². The molecule has 5 nitrogen and oxygen atoms in total. The second-order valence-corrected chi connectivity index (χ2v) is 7.16. The van der Waals surface area contributed by atoms with Gasteiger partial charge in [-0.1, -0.05) is 13.0 Å². The van der Waals surface area contributed by atoms with Crippen LogP contribution in [0.1, 0.15) is 23.6 Å². The van der Waals surface area contributed by atoms with Crippen LogP contribution in [0.2, 0.25) is 0 Å². The van der Waals surface area contributed by atoms with Crippen LogP contribution >= 0.6 is 0 Å². The standard InChI is InChI=1S/C15H26N2O3S/c1-6-16-11-14-10-15(13(3)9-12(14)2)21(18,19)17(4)7-8-20-5/h9-10,16H,6-8,11H2,1-5H3. The Bertz CT molecular complexity index is 571. The Morgan fingerprint density at radius 1 is 1.24 bits per heavy atom. The van der Waals surface area contributed by atoms with Crippen LogP contribution in [0.15, 0.2) is 17.0 Å². The molecule has 0 aromatic heterocycles. The van der Waals surface area contributed by atoms with E-state index in [0.29, 0.717) is 24.6 Å². The highest BCUT2D eigenvalue weighted by Gasteiger charge is 2.23. The highest BCUT2D eigenvalue weighted by Crippen LogP contribution is 2.23. The van der Waals surface area contributed by atoms with Crippen LogP contribution in [-0.2, 0) is 21.3 Å². The van der Waals surface area contributed by atoms with Crippen molar-refractivity contribution in [3.8, 4) is 0 Å². The van der Waals surface area contributed by atoms with E-state index in [1.54, 1.807) is 20.2 Å². The van der Waals surface area contributed by atoms with E-state index in [1.165, 1.54) is 4.31 Å². The summed E-state index contributed by atoms with van der Waals surface area (Å²) in [5, 5.41) is 3.24. The summed E-state index contributed by atoms with van der Waals surface area (Å²) >= 11 is 0. The van der Waals surface area contributed by atoms with Crippen molar-refractivity contribution in [1.82, 2.24) is 9.62 Å². The molecule has 0 aliphatic carbocycles. The largest absolute Gasteiger partial charge is 0.383 e. The maximum absolute atomic E-state index is 12.6. The fourth-order valence-corrected chi connectivity index (χ4v) is 3.52. The molecule has 0 aliphatic heterocycles. The molecule has 1 aromatic carbocycles. The zero-order valence-corrected chi connectivity index (χ0v) is 14.4. The predicted molar refractivity (Wildman–Crippen MR) is 85.0 cm³/mol. The number of nitrogens with zero attached hydrogens (tertiary/aromatic N) is 1. The summed E-state index contributed by atoms with van der Waals surface area (Å²) in [4.78, 5) is 0.375. The molecule has 21 heavy (non-hydrogen) atoms. The quantitative estimate of drug-likeness (QED) is 0.793. The minimum absolute atomic E-state index is 0.342. The van der Waals surface area contributed by atoms with Gasteiger partial charge in [-0.15, -0.1) is 0 Å². The summed E-state index contributed by atoms with van der Waals surface area (Å²) in [6.45, 7) is 8.11. The van der Waals surface area contributed by atoms with Crippen LogP contribution < -0.4 is 5.32 Å². The van der Waals surface area contributed by atoms with Gasteiger partial charge in [-0.25, -0.2) is 8.42 Å². The SMILES string of the molecule is CCNCc1cc(S(=O)(=O)N(C)CCOC)c(C)cc1C. The number of methoxy groups -OCH3 is 1. The molecule has 0 heterocycles. The van der Waals surface area contributed by atoms with Crippen molar-refractivity contribution < 1.29 is 13.2 Å². The highest BCUT2D eigenvalue weighted by molar-refractivity contribution is 7.89. The van der Waals surface area contributed by atoms with Gasteiger partial charge in [0.05, 0.1) is 11.5 Å². The van der Waals surface area contributed by atoms with Gasteiger partial charge < -0.3 is 10.1 Å². The zero-order chi connectivity index (χ0) is 16.0. The number of ether oxygens (including phenoxy) is 1. The molecule has 0 saturated carbocycles. The van der Waals surface area contributed by atoms with Gasteiger partial charge in [-0.3, -0.25) is 0 Å². The molecule has 0 radical (unpaired) electrons. The van der Waals surface area contributed by atoms with Crippen molar-refractivity contribution >= 4 is 10.0 Å². The number of sulfonamides is 1. The minimum atomic E-state index is -3.48. The third-order valence-electron chi connectivity index (χ3n) is 3.50. The van der Waals surface area contributed by atoms with Gasteiger partial charge >= 0.3 is 0 Å². The molecule has 0 fully saturated rings. The normalized spacial score (nSPS) is 12.1. The second-order valence-electron chi connectivity index (χ2n) is 5.14. The molecule has 6 heteroatoms. The molecule has 1 rings (SSSR count). The second kappa shape index (κ2) is 7.89. The van der Waals surface area contributed by atoms with Gasteiger partial charge in [0, 0.05) is 27.2 Å². The average Bonchev–Trinajstić information content (AvgIpc) is 2.43. The summed E-state index contributed by atoms with van der Waals surface area (Å²) in [5.41, 5.74) is 2.89. The number of rotatable bonds is 8. The molecule has 0 saturated heterocycles. The Balaban J connectivity index is 3.16. The summed E-state index contributed by atoms with van der Waals surface area (Å²) in [7, 11) is -0.338. The maximum atomic E-state index is 12.6. The first kappa shape index (κ1) is 18.1. The van der Waals surface area contributed by atoms with Crippen molar-refractivity contribution in [1.29, 1.82) is 0 Å². The van der Waals surface area contributed by atoms with Crippen molar-refractivity contribution in [2.24, 2.45) is 0 Å². The predicted octanol–water partition coefficient (Wildman–Crippen LogP) is 1.68. The van der Waals surface area contributed by atoms with Crippen LogP contribution in [0.3, 0.4) is 0 Å². The van der Waals surface area contributed by atoms with E-state index in [1.807, 2.05) is 26.8 Å². The van der Waals surface area contributed by atoms with Gasteiger partial charge in [0.2, 0.25) is 10.0 Å². The van der Waals surface area contributed by atoms with E-state index < -0.39 is 10.0 Å². The third kappa shape index (κ3) is 4.51. The zero-order valence-electron chi connectivity index (χ0n) is 13.6. The number of hydrogen-bond acceptors (Lipinski definition) is 4. The first-order valence-electron chi connectivity index (χ1n) is 7.10. The fraction of sp³-hybridized carbons (Fsp3) is 0.600. The summed E-state index contributed by atoms with van der Waals surface area (Å²) in [6.07, 6.45) is 0. The van der Waals surface area contributed by atoms with Gasteiger partial charge in [0.25, 0.3) is 0 Å². The molecule has 0 amide bonds. The first-order chi connectivity index (χ1) is 9.84. The monoisotopic (exact) mass is 314 g/mol. The number of likely N-dealkylation sites (N-methyl/N-ethyl adjacent to an activating group) is 1. The summed E-state index contributed by atoms with van der Waals surface area (Å²) in [6, 6.07) is 3.72. The van der Waals surface area contributed by atoms with Crippen LogP contribution in [-0.4, -0.2) is 46.6 Å². The molecule has 1 aromatic rings. The molecule has 120 valence electrons. The van der Waals surface area contributed by atoms with Crippen molar-refractivity contribution in [2.45, 2.75) is 32.2 Å². The summed E-state index contributed by atoms with van der Waals surface area (Å²) in [5.74, 6) is 0. The third-order valence-corrected chi connectivity index (χ3v) is 5.50. The molecule has 0 bridgehead atoms. The van der Waals surface area contributed by atoms with Crippen molar-refractivity contribution in [3.05, 3.63) is 28.8 Å². The average molecular weight is 314 g/mol.